The average molecular weight is 354 g/mol. The summed E-state index contributed by atoms with van der Waals surface area (Å²) in [7, 11) is 0. The molecule has 0 saturated carbocycles. The fourth-order valence-corrected chi connectivity index (χ4v) is 2.10. The standard InChI is InChI=1S/C13H29N.C4H4O4.K/c1-4-7-10-13(14,11-8-5-2)12-9-6-3;5-3(6)1-2-4(7)8;/h4-12,14H2,1-3H3;1-2H,(H,5,6)(H,7,8);/q;;+1/p-1/b;2-1-;. The van der Waals surface area contributed by atoms with E-state index in [9.17, 15) is 14.7 Å². The Morgan fingerprint density at radius 1 is 0.957 bits per heavy atom. The first-order valence-electron chi connectivity index (χ1n) is 8.22. The third-order valence-electron chi connectivity index (χ3n) is 3.45. The third-order valence-corrected chi connectivity index (χ3v) is 3.45. The van der Waals surface area contributed by atoms with Crippen LogP contribution in [0.1, 0.15) is 78.6 Å². The summed E-state index contributed by atoms with van der Waals surface area (Å²) in [5.74, 6) is -2.80. The molecule has 0 aliphatic rings. The van der Waals surface area contributed by atoms with Gasteiger partial charge in [-0.3, -0.25) is 0 Å². The van der Waals surface area contributed by atoms with Crippen LogP contribution in [-0.4, -0.2) is 22.6 Å². The molecule has 0 aromatic carbocycles. The smallest absolute Gasteiger partial charge is 0.545 e. The van der Waals surface area contributed by atoms with E-state index in [-0.39, 0.29) is 56.9 Å². The number of aliphatic carboxylic acids is 2. The maximum Gasteiger partial charge on any atom is 1.00 e. The van der Waals surface area contributed by atoms with E-state index in [1.807, 2.05) is 0 Å². The molecule has 0 fully saturated rings. The second-order valence-electron chi connectivity index (χ2n) is 5.66. The molecule has 130 valence electrons. The number of rotatable bonds is 11. The van der Waals surface area contributed by atoms with Gasteiger partial charge in [0.15, 0.2) is 0 Å². The van der Waals surface area contributed by atoms with Crippen LogP contribution < -0.4 is 62.2 Å². The van der Waals surface area contributed by atoms with Gasteiger partial charge in [-0.2, -0.15) is 0 Å². The van der Waals surface area contributed by atoms with Gasteiger partial charge in [0, 0.05) is 11.6 Å². The first-order chi connectivity index (χ1) is 10.3. The topological polar surface area (TPSA) is 103 Å². The number of carboxylic acid groups (broad SMARTS) is 2. The van der Waals surface area contributed by atoms with E-state index >= 15 is 0 Å². The van der Waals surface area contributed by atoms with E-state index in [2.05, 4.69) is 20.8 Å². The van der Waals surface area contributed by atoms with E-state index in [4.69, 9.17) is 10.8 Å². The number of carbonyl (C=O) groups excluding carboxylic acids is 1. The normalized spacial score (nSPS) is 10.6. The van der Waals surface area contributed by atoms with Crippen molar-refractivity contribution in [2.24, 2.45) is 5.73 Å². The van der Waals surface area contributed by atoms with Crippen molar-refractivity contribution >= 4 is 11.9 Å². The van der Waals surface area contributed by atoms with Gasteiger partial charge in [-0.25, -0.2) is 4.79 Å². The Balaban J connectivity index is -0.000000382. The van der Waals surface area contributed by atoms with Crippen molar-refractivity contribution in [2.75, 3.05) is 0 Å². The fourth-order valence-electron chi connectivity index (χ4n) is 2.10. The van der Waals surface area contributed by atoms with Crippen LogP contribution >= 0.6 is 0 Å². The summed E-state index contributed by atoms with van der Waals surface area (Å²) >= 11 is 0. The molecule has 0 aromatic heterocycles. The van der Waals surface area contributed by atoms with Crippen molar-refractivity contribution in [2.45, 2.75) is 84.1 Å². The minimum absolute atomic E-state index is 0. The number of hydrogen-bond donors (Lipinski definition) is 2. The number of carbonyl (C=O) groups is 2. The summed E-state index contributed by atoms with van der Waals surface area (Å²) < 4.78 is 0. The minimum atomic E-state index is -1.51. The van der Waals surface area contributed by atoms with Gasteiger partial charge < -0.3 is 20.7 Å². The third kappa shape index (κ3) is 22.3. The van der Waals surface area contributed by atoms with Crippen molar-refractivity contribution in [3.8, 4) is 0 Å². The zero-order valence-corrected chi connectivity index (χ0v) is 18.4. The van der Waals surface area contributed by atoms with Gasteiger partial charge in [-0.05, 0) is 25.3 Å². The molecule has 23 heavy (non-hydrogen) atoms. The molecule has 0 radical (unpaired) electrons. The maximum atomic E-state index is 9.53. The number of hydrogen-bond acceptors (Lipinski definition) is 4. The van der Waals surface area contributed by atoms with Crippen molar-refractivity contribution in [1.82, 2.24) is 0 Å². The second-order valence-corrected chi connectivity index (χ2v) is 5.66. The molecule has 0 bridgehead atoms. The molecule has 0 aromatic rings. The van der Waals surface area contributed by atoms with Crippen molar-refractivity contribution < 1.29 is 71.2 Å². The first kappa shape index (κ1) is 28.1. The summed E-state index contributed by atoms with van der Waals surface area (Å²) in [6, 6.07) is 0. The number of carboxylic acids is 2. The Hall–Kier alpha value is 0.276. The molecule has 0 rings (SSSR count). The molecule has 5 nitrogen and oxygen atoms in total. The van der Waals surface area contributed by atoms with Crippen molar-refractivity contribution in [3.63, 3.8) is 0 Å². The summed E-state index contributed by atoms with van der Waals surface area (Å²) in [5, 5.41) is 17.2. The molecule has 0 aliphatic heterocycles. The summed E-state index contributed by atoms with van der Waals surface area (Å²) in [6.45, 7) is 6.75. The Kier molecular flexibility index (Phi) is 22.7. The Morgan fingerprint density at radius 3 is 1.48 bits per heavy atom. The van der Waals surface area contributed by atoms with E-state index in [0.29, 0.717) is 12.2 Å². The van der Waals surface area contributed by atoms with Crippen molar-refractivity contribution in [1.29, 1.82) is 0 Å². The van der Waals surface area contributed by atoms with Crippen LogP contribution in [0.4, 0.5) is 0 Å². The van der Waals surface area contributed by atoms with Crippen LogP contribution in [0.15, 0.2) is 12.2 Å². The number of unbranched alkanes of at least 4 members (excludes halogenated alkanes) is 3. The molecule has 0 atom stereocenters. The molecule has 0 heterocycles. The zero-order valence-electron chi connectivity index (χ0n) is 15.3. The molecular formula is C17H32KNO4. The zero-order chi connectivity index (χ0) is 17.4. The number of nitrogens with two attached hydrogens (primary N) is 1. The summed E-state index contributed by atoms with van der Waals surface area (Å²) in [4.78, 5) is 19.0. The van der Waals surface area contributed by atoms with E-state index in [0.717, 1.165) is 0 Å². The molecule has 3 N–H and O–H groups in total. The molecule has 0 unspecified atom stereocenters. The van der Waals surface area contributed by atoms with Gasteiger partial charge >= 0.3 is 57.4 Å². The van der Waals surface area contributed by atoms with Crippen molar-refractivity contribution in [3.05, 3.63) is 12.2 Å². The van der Waals surface area contributed by atoms with E-state index < -0.39 is 11.9 Å². The first-order valence-corrected chi connectivity index (χ1v) is 8.22. The van der Waals surface area contributed by atoms with Crippen LogP contribution in [0.5, 0.6) is 0 Å². The van der Waals surface area contributed by atoms with Crippen LogP contribution in [0.25, 0.3) is 0 Å². The Bertz CT molecular complexity index is 295. The summed E-state index contributed by atoms with van der Waals surface area (Å²) in [6.07, 6.45) is 12.3. The molecule has 0 saturated heterocycles. The quantitative estimate of drug-likeness (QED) is 0.390. The Labute approximate surface area is 183 Å². The van der Waals surface area contributed by atoms with Gasteiger partial charge in [0.2, 0.25) is 0 Å². The molecule has 0 amide bonds. The largest absolute Gasteiger partial charge is 1.00 e. The SMILES string of the molecule is CCCCC(N)(CCCC)CCCC.O=C([O-])/C=C\C(=O)O.[K+]. The average Bonchev–Trinajstić information content (AvgIpc) is 2.48. The van der Waals surface area contributed by atoms with Gasteiger partial charge in [-0.15, -0.1) is 0 Å². The molecule has 0 aliphatic carbocycles. The maximum absolute atomic E-state index is 9.53. The monoisotopic (exact) mass is 353 g/mol. The minimum Gasteiger partial charge on any atom is -0.545 e. The van der Waals surface area contributed by atoms with Crippen LogP contribution in [0.3, 0.4) is 0 Å². The van der Waals surface area contributed by atoms with Gasteiger partial charge in [0.25, 0.3) is 0 Å². The van der Waals surface area contributed by atoms with Gasteiger partial charge in [-0.1, -0.05) is 59.3 Å². The predicted molar refractivity (Wildman–Crippen MR) is 87.3 cm³/mol. The molecule has 6 heteroatoms. The van der Waals surface area contributed by atoms with Crippen LogP contribution in [0.2, 0.25) is 0 Å². The van der Waals surface area contributed by atoms with E-state index in [1.54, 1.807) is 0 Å². The summed E-state index contributed by atoms with van der Waals surface area (Å²) in [5.41, 5.74) is 6.61. The van der Waals surface area contributed by atoms with Gasteiger partial charge in [0.05, 0.1) is 5.97 Å². The van der Waals surface area contributed by atoms with E-state index in [1.165, 1.54) is 57.8 Å². The van der Waals surface area contributed by atoms with Crippen LogP contribution in [-0.2, 0) is 9.59 Å². The van der Waals surface area contributed by atoms with Crippen LogP contribution in [0, 0.1) is 0 Å². The molecule has 0 spiro atoms. The fraction of sp³-hybridized carbons (Fsp3) is 0.765. The Morgan fingerprint density at radius 2 is 1.30 bits per heavy atom. The molecular weight excluding hydrogens is 321 g/mol. The second kappa shape index (κ2) is 18.6. The van der Waals surface area contributed by atoms with Gasteiger partial charge in [0.1, 0.15) is 0 Å². The predicted octanol–water partition coefficient (Wildman–Crippen LogP) is -0.364.